The Balaban J connectivity index is 3.04. The molecule has 0 heterocycles. The van der Waals surface area contributed by atoms with Crippen molar-refractivity contribution in [2.24, 2.45) is 0 Å². The van der Waals surface area contributed by atoms with E-state index in [1.807, 2.05) is 4.90 Å². The molecule has 1 atom stereocenters. The summed E-state index contributed by atoms with van der Waals surface area (Å²) >= 11 is 0. The highest BCUT2D eigenvalue weighted by atomic mass is 19.1. The molecule has 0 unspecified atom stereocenters. The van der Waals surface area contributed by atoms with Crippen LogP contribution in [-0.2, 0) is 0 Å². The summed E-state index contributed by atoms with van der Waals surface area (Å²) in [6, 6.07) is 4.28. The van der Waals surface area contributed by atoms with Gasteiger partial charge in [-0.1, -0.05) is 0 Å². The van der Waals surface area contributed by atoms with E-state index in [-0.39, 0.29) is 5.82 Å². The number of aliphatic hydroxyl groups is 2. The molecule has 0 saturated carbocycles. The molecular weight excluding hydrogens is 221 g/mol. The molecule has 0 aromatic heterocycles. The number of anilines is 1. The summed E-state index contributed by atoms with van der Waals surface area (Å²) < 4.78 is 13.1. The zero-order valence-corrected chi connectivity index (χ0v) is 10.7. The molecule has 0 bridgehead atoms. The van der Waals surface area contributed by atoms with E-state index in [4.69, 9.17) is 0 Å². The number of halogens is 1. The maximum Gasteiger partial charge on any atom is 0.123 e. The van der Waals surface area contributed by atoms with Crippen molar-refractivity contribution in [2.45, 2.75) is 32.5 Å². The van der Waals surface area contributed by atoms with Gasteiger partial charge in [-0.05, 0) is 39.0 Å². The van der Waals surface area contributed by atoms with Crippen LogP contribution in [0.4, 0.5) is 10.1 Å². The molecule has 3 nitrogen and oxygen atoms in total. The fourth-order valence-corrected chi connectivity index (χ4v) is 1.87. The first-order valence-electron chi connectivity index (χ1n) is 5.62. The quantitative estimate of drug-likeness (QED) is 0.848. The fourth-order valence-electron chi connectivity index (χ4n) is 1.87. The average Bonchev–Trinajstić information content (AvgIpc) is 2.14. The summed E-state index contributed by atoms with van der Waals surface area (Å²) in [5.41, 5.74) is 0.402. The third-order valence-corrected chi connectivity index (χ3v) is 2.48. The largest absolute Gasteiger partial charge is 0.389 e. The van der Waals surface area contributed by atoms with E-state index in [0.29, 0.717) is 12.1 Å². The minimum absolute atomic E-state index is 0.374. The number of hydrogen-bond acceptors (Lipinski definition) is 3. The maximum absolute atomic E-state index is 13.1. The van der Waals surface area contributed by atoms with E-state index in [1.165, 1.54) is 12.1 Å². The van der Waals surface area contributed by atoms with Crippen LogP contribution in [0.1, 0.15) is 32.4 Å². The third kappa shape index (κ3) is 3.98. The van der Waals surface area contributed by atoms with E-state index >= 15 is 0 Å². The molecule has 0 amide bonds. The van der Waals surface area contributed by atoms with E-state index in [1.54, 1.807) is 33.9 Å². The molecule has 4 heteroatoms. The highest BCUT2D eigenvalue weighted by Gasteiger charge is 2.19. The molecule has 0 fully saturated rings. The Bertz CT molecular complexity index is 385. The van der Waals surface area contributed by atoms with Crippen LogP contribution < -0.4 is 4.90 Å². The van der Waals surface area contributed by atoms with Crippen LogP contribution in [0.15, 0.2) is 18.2 Å². The van der Waals surface area contributed by atoms with Crippen LogP contribution in [0.25, 0.3) is 0 Å². The van der Waals surface area contributed by atoms with Gasteiger partial charge >= 0.3 is 0 Å². The van der Waals surface area contributed by atoms with E-state index < -0.39 is 11.7 Å². The molecular formula is C13H20FNO2. The van der Waals surface area contributed by atoms with Gasteiger partial charge in [-0.25, -0.2) is 4.39 Å². The van der Waals surface area contributed by atoms with Gasteiger partial charge in [0.15, 0.2) is 0 Å². The average molecular weight is 241 g/mol. The minimum Gasteiger partial charge on any atom is -0.389 e. The molecule has 1 aromatic carbocycles. The number of nitrogens with zero attached hydrogens (tertiary/aromatic N) is 1. The van der Waals surface area contributed by atoms with Gasteiger partial charge in [0.25, 0.3) is 0 Å². The third-order valence-electron chi connectivity index (χ3n) is 2.48. The minimum atomic E-state index is -0.848. The highest BCUT2D eigenvalue weighted by Crippen LogP contribution is 2.27. The topological polar surface area (TPSA) is 43.7 Å². The second-order valence-electron chi connectivity index (χ2n) is 5.05. The lowest BCUT2D eigenvalue weighted by Crippen LogP contribution is -2.36. The number of aliphatic hydroxyl groups excluding tert-OH is 1. The molecule has 0 aliphatic carbocycles. The molecule has 0 radical (unpaired) electrons. The Morgan fingerprint density at radius 2 is 2.00 bits per heavy atom. The van der Waals surface area contributed by atoms with Gasteiger partial charge in [0.1, 0.15) is 5.82 Å². The molecule has 0 saturated heterocycles. The Kier molecular flexibility index (Phi) is 4.11. The Hall–Kier alpha value is -1.13. The maximum atomic E-state index is 13.1. The van der Waals surface area contributed by atoms with Gasteiger partial charge in [-0.15, -0.1) is 0 Å². The van der Waals surface area contributed by atoms with Gasteiger partial charge in [0, 0.05) is 24.8 Å². The van der Waals surface area contributed by atoms with Crippen molar-refractivity contribution >= 4 is 5.69 Å². The summed E-state index contributed by atoms with van der Waals surface area (Å²) in [6.45, 7) is 5.40. The lowest BCUT2D eigenvalue weighted by Gasteiger charge is -2.29. The highest BCUT2D eigenvalue weighted by molar-refractivity contribution is 5.54. The Labute approximate surface area is 101 Å². The molecule has 96 valence electrons. The zero-order valence-electron chi connectivity index (χ0n) is 10.7. The van der Waals surface area contributed by atoms with E-state index in [2.05, 4.69) is 0 Å². The van der Waals surface area contributed by atoms with Crippen LogP contribution in [0.5, 0.6) is 0 Å². The van der Waals surface area contributed by atoms with Crippen LogP contribution in [-0.4, -0.2) is 29.4 Å². The smallest absolute Gasteiger partial charge is 0.123 e. The number of benzene rings is 1. The van der Waals surface area contributed by atoms with Crippen molar-refractivity contribution in [3.63, 3.8) is 0 Å². The number of rotatable bonds is 4. The van der Waals surface area contributed by atoms with Crippen LogP contribution >= 0.6 is 0 Å². The molecule has 0 aliphatic rings. The molecule has 2 N–H and O–H groups in total. The number of hydrogen-bond donors (Lipinski definition) is 2. The van der Waals surface area contributed by atoms with Gasteiger partial charge in [0.05, 0.1) is 11.7 Å². The SMILES string of the molecule is C[C@H](O)c1cc(F)ccc1N(C)CC(C)(C)O. The normalized spacial score (nSPS) is 13.6. The monoisotopic (exact) mass is 241 g/mol. The number of likely N-dealkylation sites (N-methyl/N-ethyl adjacent to an activating group) is 1. The second kappa shape index (κ2) is 5.02. The summed E-state index contributed by atoms with van der Waals surface area (Å²) in [6.07, 6.45) is -0.745. The molecule has 0 aliphatic heterocycles. The standard InChI is InChI=1S/C13H20FNO2/c1-9(16)11-7-10(14)5-6-12(11)15(4)8-13(2,3)17/h5-7,9,16-17H,8H2,1-4H3/t9-/m0/s1. The van der Waals surface area contributed by atoms with Gasteiger partial charge in [-0.2, -0.15) is 0 Å². The molecule has 0 spiro atoms. The first-order valence-corrected chi connectivity index (χ1v) is 5.62. The Morgan fingerprint density at radius 1 is 1.41 bits per heavy atom. The van der Waals surface area contributed by atoms with E-state index in [0.717, 1.165) is 5.69 Å². The summed E-state index contributed by atoms with van der Waals surface area (Å²) in [7, 11) is 1.80. The zero-order chi connectivity index (χ0) is 13.2. The second-order valence-corrected chi connectivity index (χ2v) is 5.05. The Morgan fingerprint density at radius 3 is 2.47 bits per heavy atom. The fraction of sp³-hybridized carbons (Fsp3) is 0.538. The predicted octanol–water partition coefficient (Wildman–Crippen LogP) is 2.09. The molecule has 17 heavy (non-hydrogen) atoms. The van der Waals surface area contributed by atoms with Crippen molar-refractivity contribution in [1.82, 2.24) is 0 Å². The van der Waals surface area contributed by atoms with Gasteiger partial charge < -0.3 is 15.1 Å². The van der Waals surface area contributed by atoms with Gasteiger partial charge in [-0.3, -0.25) is 0 Å². The first-order chi connectivity index (χ1) is 7.70. The van der Waals surface area contributed by atoms with Crippen molar-refractivity contribution in [2.75, 3.05) is 18.5 Å². The van der Waals surface area contributed by atoms with Crippen molar-refractivity contribution in [1.29, 1.82) is 0 Å². The molecule has 1 rings (SSSR count). The van der Waals surface area contributed by atoms with E-state index in [9.17, 15) is 14.6 Å². The first kappa shape index (κ1) is 13.9. The van der Waals surface area contributed by atoms with Crippen LogP contribution in [0, 0.1) is 5.82 Å². The molecule has 1 aromatic rings. The van der Waals surface area contributed by atoms with Crippen LogP contribution in [0.2, 0.25) is 0 Å². The lowest BCUT2D eigenvalue weighted by atomic mass is 10.0. The summed E-state index contributed by atoms with van der Waals surface area (Å²) in [5.74, 6) is -0.374. The van der Waals surface area contributed by atoms with Crippen molar-refractivity contribution in [3.05, 3.63) is 29.6 Å². The van der Waals surface area contributed by atoms with Crippen LogP contribution in [0.3, 0.4) is 0 Å². The summed E-state index contributed by atoms with van der Waals surface area (Å²) in [5, 5.41) is 19.4. The lowest BCUT2D eigenvalue weighted by molar-refractivity contribution is 0.0884. The van der Waals surface area contributed by atoms with Crippen molar-refractivity contribution < 1.29 is 14.6 Å². The summed E-state index contributed by atoms with van der Waals surface area (Å²) in [4.78, 5) is 1.81. The van der Waals surface area contributed by atoms with Crippen molar-refractivity contribution in [3.8, 4) is 0 Å². The predicted molar refractivity (Wildman–Crippen MR) is 66.6 cm³/mol. The van der Waals surface area contributed by atoms with Gasteiger partial charge in [0.2, 0.25) is 0 Å².